The van der Waals surface area contributed by atoms with Crippen molar-refractivity contribution in [3.8, 4) is 0 Å². The maximum Gasteiger partial charge on any atom is 0.185 e. The van der Waals surface area contributed by atoms with Crippen LogP contribution in [0.2, 0.25) is 0 Å². The number of ketones is 1. The second-order valence-corrected chi connectivity index (χ2v) is 6.78. The van der Waals surface area contributed by atoms with E-state index in [-0.39, 0.29) is 4.90 Å². The van der Waals surface area contributed by atoms with Gasteiger partial charge in [0.25, 0.3) is 0 Å². The maximum atomic E-state index is 12.1. The fourth-order valence-corrected chi connectivity index (χ4v) is 3.12. The van der Waals surface area contributed by atoms with Crippen LogP contribution in [0.25, 0.3) is 6.08 Å². The average molecular weight is 300 g/mol. The standard InChI is InChI=1S/C17H16O3S/c1-14-6-5-7-15(12-14)10-11-16(18)13-21(19,20)17-8-3-2-4-9-17/h2-12H,13H2,1H3. The van der Waals surface area contributed by atoms with Crippen molar-refractivity contribution in [3.63, 3.8) is 0 Å². The van der Waals surface area contributed by atoms with Gasteiger partial charge >= 0.3 is 0 Å². The first kappa shape index (κ1) is 15.2. The van der Waals surface area contributed by atoms with Crippen LogP contribution in [0.4, 0.5) is 0 Å². The highest BCUT2D eigenvalue weighted by molar-refractivity contribution is 7.92. The molecule has 3 nitrogen and oxygen atoms in total. The molecule has 0 N–H and O–H groups in total. The predicted molar refractivity (Wildman–Crippen MR) is 83.7 cm³/mol. The van der Waals surface area contributed by atoms with Crippen LogP contribution < -0.4 is 0 Å². The van der Waals surface area contributed by atoms with Crippen LogP contribution >= 0.6 is 0 Å². The van der Waals surface area contributed by atoms with Gasteiger partial charge in [0.1, 0.15) is 5.75 Å². The number of aryl methyl sites for hydroxylation is 1. The van der Waals surface area contributed by atoms with E-state index in [1.165, 1.54) is 18.2 Å². The minimum atomic E-state index is -3.57. The SMILES string of the molecule is Cc1cccc(C=CC(=O)CS(=O)(=O)c2ccccc2)c1. The minimum Gasteiger partial charge on any atom is -0.294 e. The first-order valence-electron chi connectivity index (χ1n) is 6.53. The van der Waals surface area contributed by atoms with Crippen molar-refractivity contribution >= 4 is 21.7 Å². The molecule has 0 fully saturated rings. The molecule has 2 rings (SSSR count). The van der Waals surface area contributed by atoms with Gasteiger partial charge in [-0.1, -0.05) is 54.1 Å². The first-order valence-corrected chi connectivity index (χ1v) is 8.18. The third kappa shape index (κ3) is 4.39. The Kier molecular flexibility index (Phi) is 4.70. The molecule has 21 heavy (non-hydrogen) atoms. The van der Waals surface area contributed by atoms with Crippen LogP contribution in [-0.4, -0.2) is 20.0 Å². The van der Waals surface area contributed by atoms with Crippen LogP contribution in [0.3, 0.4) is 0 Å². The highest BCUT2D eigenvalue weighted by Crippen LogP contribution is 2.11. The molecule has 108 valence electrons. The average Bonchev–Trinajstić information content (AvgIpc) is 2.46. The highest BCUT2D eigenvalue weighted by Gasteiger charge is 2.17. The Morgan fingerprint density at radius 1 is 1.05 bits per heavy atom. The number of benzene rings is 2. The lowest BCUT2D eigenvalue weighted by Gasteiger charge is -2.01. The lowest BCUT2D eigenvalue weighted by Crippen LogP contribution is -2.14. The zero-order valence-corrected chi connectivity index (χ0v) is 12.5. The fourth-order valence-electron chi connectivity index (χ4n) is 1.91. The Morgan fingerprint density at radius 2 is 1.76 bits per heavy atom. The van der Waals surface area contributed by atoms with Crippen LogP contribution in [0.5, 0.6) is 0 Å². The number of hydrogen-bond donors (Lipinski definition) is 0. The van der Waals surface area contributed by atoms with Crippen molar-refractivity contribution in [2.75, 3.05) is 5.75 Å². The van der Waals surface area contributed by atoms with Gasteiger partial charge in [0.15, 0.2) is 15.6 Å². The molecular formula is C17H16O3S. The summed E-state index contributed by atoms with van der Waals surface area (Å²) in [7, 11) is -3.57. The summed E-state index contributed by atoms with van der Waals surface area (Å²) >= 11 is 0. The van der Waals surface area contributed by atoms with Gasteiger partial charge in [-0.3, -0.25) is 4.79 Å². The van der Waals surface area contributed by atoms with Gasteiger partial charge in [-0.05, 0) is 30.7 Å². The van der Waals surface area contributed by atoms with Gasteiger partial charge in [0.05, 0.1) is 4.90 Å². The van der Waals surface area contributed by atoms with Crippen LogP contribution in [0.15, 0.2) is 65.6 Å². The lowest BCUT2D eigenvalue weighted by molar-refractivity contribution is -0.112. The third-order valence-electron chi connectivity index (χ3n) is 2.94. The molecule has 0 unspecified atom stereocenters. The quantitative estimate of drug-likeness (QED) is 0.797. The summed E-state index contributed by atoms with van der Waals surface area (Å²) in [5.41, 5.74) is 1.96. The zero-order valence-electron chi connectivity index (χ0n) is 11.7. The molecule has 0 heterocycles. The summed E-state index contributed by atoms with van der Waals surface area (Å²) in [5, 5.41) is 0. The Balaban J connectivity index is 2.08. The van der Waals surface area contributed by atoms with E-state index in [1.54, 1.807) is 24.3 Å². The number of rotatable bonds is 5. The number of sulfone groups is 1. The molecule has 0 aliphatic carbocycles. The van der Waals surface area contributed by atoms with Gasteiger partial charge in [0.2, 0.25) is 0 Å². The molecule has 0 atom stereocenters. The van der Waals surface area contributed by atoms with E-state index >= 15 is 0 Å². The Hall–Kier alpha value is -2.20. The smallest absolute Gasteiger partial charge is 0.185 e. The monoisotopic (exact) mass is 300 g/mol. The molecule has 2 aromatic carbocycles. The van der Waals surface area contributed by atoms with Crippen LogP contribution in [-0.2, 0) is 14.6 Å². The van der Waals surface area contributed by atoms with Gasteiger partial charge in [0, 0.05) is 0 Å². The largest absolute Gasteiger partial charge is 0.294 e. The van der Waals surface area contributed by atoms with E-state index in [9.17, 15) is 13.2 Å². The molecule has 0 aromatic heterocycles. The summed E-state index contributed by atoms with van der Waals surface area (Å²) in [6.45, 7) is 1.96. The van der Waals surface area contributed by atoms with Gasteiger partial charge in [-0.15, -0.1) is 0 Å². The van der Waals surface area contributed by atoms with Gasteiger partial charge in [-0.2, -0.15) is 0 Å². The van der Waals surface area contributed by atoms with Gasteiger partial charge in [-0.25, -0.2) is 8.42 Å². The Labute approximate surface area is 124 Å². The predicted octanol–water partition coefficient (Wildman–Crippen LogP) is 3.05. The summed E-state index contributed by atoms with van der Waals surface area (Å²) in [6.07, 6.45) is 2.95. The summed E-state index contributed by atoms with van der Waals surface area (Å²) in [5.74, 6) is -0.945. The normalized spacial score (nSPS) is 11.7. The fraction of sp³-hybridized carbons (Fsp3) is 0.118. The van der Waals surface area contributed by atoms with Gasteiger partial charge < -0.3 is 0 Å². The van der Waals surface area contributed by atoms with E-state index in [2.05, 4.69) is 0 Å². The first-order chi connectivity index (χ1) is 9.97. The second kappa shape index (κ2) is 6.50. The Morgan fingerprint density at radius 3 is 2.43 bits per heavy atom. The molecule has 0 radical (unpaired) electrons. The van der Waals surface area contributed by atoms with E-state index in [4.69, 9.17) is 0 Å². The third-order valence-corrected chi connectivity index (χ3v) is 4.59. The number of allylic oxidation sites excluding steroid dienone is 1. The molecule has 0 saturated carbocycles. The summed E-state index contributed by atoms with van der Waals surface area (Å²) in [6, 6.07) is 15.6. The molecule has 0 aliphatic heterocycles. The molecule has 0 spiro atoms. The van der Waals surface area contributed by atoms with Crippen LogP contribution in [0.1, 0.15) is 11.1 Å². The van der Waals surface area contributed by atoms with Crippen molar-refractivity contribution < 1.29 is 13.2 Å². The number of hydrogen-bond acceptors (Lipinski definition) is 3. The van der Waals surface area contributed by atoms with Crippen molar-refractivity contribution in [2.45, 2.75) is 11.8 Å². The summed E-state index contributed by atoms with van der Waals surface area (Å²) < 4.78 is 24.1. The van der Waals surface area contributed by atoms with Crippen molar-refractivity contribution in [1.82, 2.24) is 0 Å². The highest BCUT2D eigenvalue weighted by atomic mass is 32.2. The van der Waals surface area contributed by atoms with Crippen molar-refractivity contribution in [3.05, 3.63) is 71.8 Å². The number of carbonyl (C=O) groups is 1. The second-order valence-electron chi connectivity index (χ2n) is 4.79. The molecule has 0 bridgehead atoms. The van der Waals surface area contributed by atoms with E-state index in [1.807, 2.05) is 31.2 Å². The molecule has 0 saturated heterocycles. The lowest BCUT2D eigenvalue weighted by atomic mass is 10.1. The zero-order chi connectivity index (χ0) is 15.3. The van der Waals surface area contributed by atoms with E-state index in [0.29, 0.717) is 0 Å². The minimum absolute atomic E-state index is 0.169. The van der Waals surface area contributed by atoms with Crippen molar-refractivity contribution in [1.29, 1.82) is 0 Å². The molecule has 0 amide bonds. The van der Waals surface area contributed by atoms with E-state index in [0.717, 1.165) is 11.1 Å². The molecular weight excluding hydrogens is 284 g/mol. The topological polar surface area (TPSA) is 51.2 Å². The molecule has 2 aromatic rings. The molecule has 4 heteroatoms. The number of carbonyl (C=O) groups excluding carboxylic acids is 1. The van der Waals surface area contributed by atoms with E-state index < -0.39 is 21.4 Å². The van der Waals surface area contributed by atoms with Crippen LogP contribution in [0, 0.1) is 6.92 Å². The van der Waals surface area contributed by atoms with Crippen molar-refractivity contribution in [2.24, 2.45) is 0 Å². The Bertz CT molecular complexity index is 760. The molecule has 0 aliphatic rings. The maximum absolute atomic E-state index is 12.1. The summed E-state index contributed by atoms with van der Waals surface area (Å²) in [4.78, 5) is 12.0.